The number of nitrogens with zero attached hydrogens (tertiary/aromatic N) is 3. The Hall–Kier alpha value is -3.53. The second-order valence-electron chi connectivity index (χ2n) is 6.10. The van der Waals surface area contributed by atoms with E-state index in [1.54, 1.807) is 26.4 Å². The van der Waals surface area contributed by atoms with Crippen LogP contribution in [0.5, 0.6) is 0 Å². The average Bonchev–Trinajstić information content (AvgIpc) is 3.14. The molecule has 0 fully saturated rings. The van der Waals surface area contributed by atoms with Crippen molar-refractivity contribution in [2.45, 2.75) is 26.3 Å². The Morgan fingerprint density at radius 1 is 1.48 bits per heavy atom. The van der Waals surface area contributed by atoms with E-state index in [1.165, 1.54) is 0 Å². The van der Waals surface area contributed by atoms with Gasteiger partial charge in [-0.3, -0.25) is 0 Å². The lowest BCUT2D eigenvalue weighted by molar-refractivity contribution is -0.139. The summed E-state index contributed by atoms with van der Waals surface area (Å²) in [5.41, 5.74) is 8.20. The summed E-state index contributed by atoms with van der Waals surface area (Å²) in [4.78, 5) is 16.6. The van der Waals surface area contributed by atoms with Gasteiger partial charge in [0.05, 0.1) is 24.4 Å². The van der Waals surface area contributed by atoms with E-state index in [2.05, 4.69) is 11.1 Å². The summed E-state index contributed by atoms with van der Waals surface area (Å²) in [7, 11) is 0. The molecule has 2 aromatic rings. The van der Waals surface area contributed by atoms with Crippen LogP contribution < -0.4 is 5.73 Å². The Bertz CT molecular complexity index is 952. The maximum Gasteiger partial charge on any atom is 0.338 e. The van der Waals surface area contributed by atoms with Crippen molar-refractivity contribution in [2.24, 2.45) is 5.73 Å². The second kappa shape index (κ2) is 7.79. The molecular weight excluding hydrogens is 344 g/mol. The molecule has 0 radical (unpaired) electrons. The summed E-state index contributed by atoms with van der Waals surface area (Å²) in [6.45, 7) is 4.23. The fraction of sp³-hybridized carbons (Fsp3) is 0.250. The van der Waals surface area contributed by atoms with Crippen molar-refractivity contribution in [3.63, 3.8) is 0 Å². The zero-order valence-corrected chi connectivity index (χ0v) is 15.2. The van der Waals surface area contributed by atoms with E-state index in [1.807, 2.05) is 35.0 Å². The fourth-order valence-corrected chi connectivity index (χ4v) is 3.15. The van der Waals surface area contributed by atoms with Gasteiger partial charge in [0.1, 0.15) is 17.4 Å². The minimum atomic E-state index is -0.634. The van der Waals surface area contributed by atoms with Crippen LogP contribution in [0.3, 0.4) is 0 Å². The first kappa shape index (κ1) is 18.3. The highest BCUT2D eigenvalue weighted by Crippen LogP contribution is 2.39. The van der Waals surface area contributed by atoms with Crippen molar-refractivity contribution in [3.05, 3.63) is 76.9 Å². The van der Waals surface area contributed by atoms with E-state index in [4.69, 9.17) is 15.2 Å². The van der Waals surface area contributed by atoms with E-state index >= 15 is 0 Å². The van der Waals surface area contributed by atoms with Crippen LogP contribution in [0, 0.1) is 11.3 Å². The Morgan fingerprint density at radius 3 is 2.96 bits per heavy atom. The number of nitriles is 1. The van der Waals surface area contributed by atoms with Crippen molar-refractivity contribution in [1.82, 2.24) is 9.55 Å². The lowest BCUT2D eigenvalue weighted by Gasteiger charge is -2.27. The Labute approximate surface area is 157 Å². The molecule has 7 heteroatoms. The summed E-state index contributed by atoms with van der Waals surface area (Å²) in [6.07, 6.45) is 5.31. The predicted molar refractivity (Wildman–Crippen MR) is 97.8 cm³/mol. The summed E-state index contributed by atoms with van der Waals surface area (Å²) >= 11 is 0. The number of esters is 1. The number of carbonyl (C=O) groups excluding carboxylic acids is 1. The summed E-state index contributed by atoms with van der Waals surface area (Å²) in [6, 6.07) is 9.77. The molecule has 0 amide bonds. The fourth-order valence-electron chi connectivity index (χ4n) is 3.15. The van der Waals surface area contributed by atoms with Gasteiger partial charge in [-0.25, -0.2) is 9.78 Å². The predicted octanol–water partition coefficient (Wildman–Crippen LogP) is 2.58. The third-order valence-corrected chi connectivity index (χ3v) is 4.31. The number of hydrogen-bond acceptors (Lipinski definition) is 6. The normalized spacial score (nSPS) is 16.7. The van der Waals surface area contributed by atoms with Gasteiger partial charge >= 0.3 is 5.97 Å². The average molecular weight is 364 g/mol. The van der Waals surface area contributed by atoms with E-state index in [0.29, 0.717) is 17.9 Å². The monoisotopic (exact) mass is 364 g/mol. The maximum absolute atomic E-state index is 12.6. The third kappa shape index (κ3) is 3.70. The number of imidazole rings is 1. The van der Waals surface area contributed by atoms with E-state index in [9.17, 15) is 10.1 Å². The number of carbonyl (C=O) groups is 1. The Balaban J connectivity index is 2.05. The minimum absolute atomic E-state index is 0.00746. The Morgan fingerprint density at radius 2 is 2.30 bits per heavy atom. The minimum Gasteiger partial charge on any atom is -0.463 e. The van der Waals surface area contributed by atoms with Gasteiger partial charge in [-0.05, 0) is 25.0 Å². The first-order valence-corrected chi connectivity index (χ1v) is 8.55. The quantitative estimate of drug-likeness (QED) is 0.818. The maximum atomic E-state index is 12.6. The summed E-state index contributed by atoms with van der Waals surface area (Å²) in [5, 5.41) is 9.63. The van der Waals surface area contributed by atoms with Crippen LogP contribution in [0.15, 0.2) is 65.8 Å². The number of rotatable bonds is 5. The van der Waals surface area contributed by atoms with Crippen LogP contribution in [0.2, 0.25) is 0 Å². The molecule has 27 heavy (non-hydrogen) atoms. The van der Waals surface area contributed by atoms with Crippen molar-refractivity contribution in [3.8, 4) is 6.07 Å². The van der Waals surface area contributed by atoms with Crippen LogP contribution in [-0.4, -0.2) is 22.1 Å². The smallest absolute Gasteiger partial charge is 0.338 e. The molecular formula is C20H20N4O3. The number of aromatic nitrogens is 2. The van der Waals surface area contributed by atoms with Gasteiger partial charge in [0.15, 0.2) is 0 Å². The third-order valence-electron chi connectivity index (χ3n) is 4.31. The molecule has 0 saturated carbocycles. The number of ether oxygens (including phenoxy) is 2. The molecule has 138 valence electrons. The Kier molecular flexibility index (Phi) is 5.27. The van der Waals surface area contributed by atoms with E-state index in [0.717, 1.165) is 11.1 Å². The topological polar surface area (TPSA) is 103 Å². The zero-order valence-electron chi connectivity index (χ0n) is 15.2. The molecule has 1 aliphatic heterocycles. The molecule has 0 saturated heterocycles. The molecule has 1 aromatic heterocycles. The van der Waals surface area contributed by atoms with Crippen molar-refractivity contribution < 1.29 is 14.3 Å². The zero-order chi connectivity index (χ0) is 19.4. The molecule has 7 nitrogen and oxygen atoms in total. The molecule has 3 rings (SSSR count). The first-order valence-electron chi connectivity index (χ1n) is 8.55. The standard InChI is InChI=1S/C20H20N4O3/c1-3-26-20(25)17-13(2)27-19(22)16(10-21)18(17)15-6-4-5-14(9-15)11-24-8-7-23-12-24/h4-9,12,18H,3,11,22H2,1-2H3. The highest BCUT2D eigenvalue weighted by atomic mass is 16.5. The molecule has 1 aliphatic rings. The van der Waals surface area contributed by atoms with Crippen molar-refractivity contribution >= 4 is 5.97 Å². The van der Waals surface area contributed by atoms with Crippen molar-refractivity contribution in [2.75, 3.05) is 6.61 Å². The largest absolute Gasteiger partial charge is 0.463 e. The highest BCUT2D eigenvalue weighted by molar-refractivity contribution is 5.92. The molecule has 0 bridgehead atoms. The summed E-state index contributed by atoms with van der Waals surface area (Å²) < 4.78 is 12.6. The number of hydrogen-bond donors (Lipinski definition) is 1. The second-order valence-corrected chi connectivity index (χ2v) is 6.10. The molecule has 1 aromatic carbocycles. The highest BCUT2D eigenvalue weighted by Gasteiger charge is 2.36. The molecule has 0 aliphatic carbocycles. The van der Waals surface area contributed by atoms with Crippen LogP contribution in [0.25, 0.3) is 0 Å². The molecule has 1 unspecified atom stereocenters. The van der Waals surface area contributed by atoms with Crippen LogP contribution >= 0.6 is 0 Å². The van der Waals surface area contributed by atoms with Crippen LogP contribution in [-0.2, 0) is 20.8 Å². The number of allylic oxidation sites excluding steroid dienone is 2. The van der Waals surface area contributed by atoms with E-state index in [-0.39, 0.29) is 18.1 Å². The van der Waals surface area contributed by atoms with E-state index < -0.39 is 11.9 Å². The molecule has 2 heterocycles. The van der Waals surface area contributed by atoms with Gasteiger partial charge in [0.2, 0.25) is 5.88 Å². The number of nitrogens with two attached hydrogens (primary N) is 1. The van der Waals surface area contributed by atoms with Crippen LogP contribution in [0.1, 0.15) is 30.9 Å². The first-order chi connectivity index (χ1) is 13.0. The van der Waals surface area contributed by atoms with Gasteiger partial charge in [-0.2, -0.15) is 5.26 Å². The van der Waals surface area contributed by atoms with Gasteiger partial charge < -0.3 is 19.8 Å². The molecule has 0 spiro atoms. The lowest BCUT2D eigenvalue weighted by Crippen LogP contribution is -2.25. The van der Waals surface area contributed by atoms with Crippen LogP contribution in [0.4, 0.5) is 0 Å². The number of benzene rings is 1. The van der Waals surface area contributed by atoms with Crippen molar-refractivity contribution in [1.29, 1.82) is 5.26 Å². The SMILES string of the molecule is CCOC(=O)C1=C(C)OC(N)=C(C#N)C1c1cccc(Cn2ccnc2)c1. The van der Waals surface area contributed by atoms with Gasteiger partial charge in [0, 0.05) is 18.9 Å². The molecule has 1 atom stereocenters. The van der Waals surface area contributed by atoms with Gasteiger partial charge in [0.25, 0.3) is 0 Å². The van der Waals surface area contributed by atoms with Gasteiger partial charge in [-0.1, -0.05) is 24.3 Å². The summed E-state index contributed by atoms with van der Waals surface area (Å²) in [5.74, 6) is -0.797. The van der Waals surface area contributed by atoms with Gasteiger partial charge in [-0.15, -0.1) is 0 Å². The lowest BCUT2D eigenvalue weighted by atomic mass is 9.82. The molecule has 2 N–H and O–H groups in total.